The molecule has 2 aliphatic heterocycles. The van der Waals surface area contributed by atoms with E-state index in [1.54, 1.807) is 6.07 Å². The molecule has 2 aliphatic rings. The normalized spacial score (nSPS) is 19.0. The fraction of sp³-hybridized carbons (Fsp3) is 0.556. The lowest BCUT2D eigenvalue weighted by atomic mass is 10.0. The van der Waals surface area contributed by atoms with Gasteiger partial charge in [0.05, 0.1) is 12.2 Å². The Hall–Kier alpha value is -2.08. The fourth-order valence-electron chi connectivity index (χ4n) is 3.36. The molecule has 24 heavy (non-hydrogen) atoms. The van der Waals surface area contributed by atoms with E-state index in [2.05, 4.69) is 11.9 Å². The topological polar surface area (TPSA) is 53.1 Å². The maximum Gasteiger partial charge on any atom is 0.331 e. The number of carbonyl (C=O) groups is 2. The molecule has 1 aromatic rings. The third-order valence-electron chi connectivity index (χ3n) is 4.95. The average Bonchev–Trinajstić information content (AvgIpc) is 2.55. The van der Waals surface area contributed by atoms with Crippen LogP contribution in [-0.2, 0) is 9.59 Å². The van der Waals surface area contributed by atoms with Crippen molar-refractivity contribution in [1.82, 2.24) is 9.80 Å². The lowest BCUT2D eigenvalue weighted by molar-refractivity contribution is -0.134. The van der Waals surface area contributed by atoms with Gasteiger partial charge in [0.25, 0.3) is 0 Å². The Morgan fingerprint density at radius 2 is 2.04 bits per heavy atom. The largest absolute Gasteiger partial charge is 0.423 e. The molecule has 1 saturated heterocycles. The molecule has 0 N–H and O–H groups in total. The summed E-state index contributed by atoms with van der Waals surface area (Å²) >= 11 is 0. The van der Waals surface area contributed by atoms with Crippen LogP contribution in [0.1, 0.15) is 18.4 Å². The van der Waals surface area contributed by atoms with Crippen LogP contribution >= 0.6 is 0 Å². The van der Waals surface area contributed by atoms with Crippen molar-refractivity contribution in [3.63, 3.8) is 0 Å². The third kappa shape index (κ3) is 3.53. The maximum absolute atomic E-state index is 12.7. The van der Waals surface area contributed by atoms with Crippen molar-refractivity contribution in [3.8, 4) is 5.75 Å². The molecule has 0 spiro atoms. The number of hydrogen-bond acceptors (Lipinski definition) is 5. The van der Waals surface area contributed by atoms with Gasteiger partial charge < -0.3 is 19.4 Å². The van der Waals surface area contributed by atoms with Crippen LogP contribution in [0, 0.1) is 6.92 Å². The maximum atomic E-state index is 12.7. The van der Waals surface area contributed by atoms with Gasteiger partial charge in [-0.1, -0.05) is 6.07 Å². The summed E-state index contributed by atoms with van der Waals surface area (Å²) in [5.41, 5.74) is 1.90. The van der Waals surface area contributed by atoms with E-state index in [1.165, 1.54) is 0 Å². The highest BCUT2D eigenvalue weighted by atomic mass is 16.5. The predicted octanol–water partition coefficient (Wildman–Crippen LogP) is 1.27. The molecule has 0 aromatic heterocycles. The molecule has 3 rings (SSSR count). The summed E-state index contributed by atoms with van der Waals surface area (Å²) in [5.74, 6) is 0.263. The van der Waals surface area contributed by atoms with E-state index in [-0.39, 0.29) is 31.0 Å². The minimum absolute atomic E-state index is 0.0479. The molecule has 1 fully saturated rings. The van der Waals surface area contributed by atoms with Gasteiger partial charge in [-0.3, -0.25) is 4.79 Å². The minimum atomic E-state index is -0.318. The second-order valence-corrected chi connectivity index (χ2v) is 6.84. The number of aryl methyl sites for hydroxylation is 1. The number of carbonyl (C=O) groups excluding carboxylic acids is 2. The summed E-state index contributed by atoms with van der Waals surface area (Å²) < 4.78 is 5.28. The van der Waals surface area contributed by atoms with Crippen LogP contribution in [0.2, 0.25) is 0 Å². The van der Waals surface area contributed by atoms with E-state index in [4.69, 9.17) is 4.74 Å². The van der Waals surface area contributed by atoms with Crippen LogP contribution in [0.5, 0.6) is 5.75 Å². The monoisotopic (exact) mass is 331 g/mol. The Kier molecular flexibility index (Phi) is 4.76. The second kappa shape index (κ2) is 6.81. The molecule has 0 unspecified atom stereocenters. The molecule has 6 heteroatoms. The first-order valence-corrected chi connectivity index (χ1v) is 8.44. The summed E-state index contributed by atoms with van der Waals surface area (Å²) in [6.07, 6.45) is 1.99. The van der Waals surface area contributed by atoms with Gasteiger partial charge in [0.2, 0.25) is 5.91 Å². The van der Waals surface area contributed by atoms with Crippen LogP contribution in [0.3, 0.4) is 0 Å². The molecule has 0 saturated carbocycles. The number of piperidine rings is 1. The smallest absolute Gasteiger partial charge is 0.331 e. The number of amides is 1. The SMILES string of the molecule is Cc1ccc2c(c1)N(CC(=O)N(C)C1CCN(C)CC1)CC(=O)O2. The number of esters is 1. The van der Waals surface area contributed by atoms with Crippen LogP contribution in [0.25, 0.3) is 0 Å². The molecule has 0 aliphatic carbocycles. The first-order chi connectivity index (χ1) is 11.4. The Balaban J connectivity index is 1.70. The Morgan fingerprint density at radius 3 is 2.75 bits per heavy atom. The zero-order chi connectivity index (χ0) is 17.3. The Labute approximate surface area is 143 Å². The van der Waals surface area contributed by atoms with Crippen LogP contribution < -0.4 is 9.64 Å². The summed E-state index contributed by atoms with van der Waals surface area (Å²) in [6.45, 7) is 4.33. The van der Waals surface area contributed by atoms with Gasteiger partial charge in [0, 0.05) is 13.1 Å². The van der Waals surface area contributed by atoms with Crippen molar-refractivity contribution in [1.29, 1.82) is 0 Å². The van der Waals surface area contributed by atoms with Gasteiger partial charge in [0.1, 0.15) is 6.54 Å². The predicted molar refractivity (Wildman–Crippen MR) is 92.3 cm³/mol. The van der Waals surface area contributed by atoms with E-state index >= 15 is 0 Å². The highest BCUT2D eigenvalue weighted by Gasteiger charge is 2.29. The number of ether oxygens (including phenoxy) is 1. The molecule has 6 nitrogen and oxygen atoms in total. The summed E-state index contributed by atoms with van der Waals surface area (Å²) in [5, 5.41) is 0. The quantitative estimate of drug-likeness (QED) is 0.617. The second-order valence-electron chi connectivity index (χ2n) is 6.84. The van der Waals surface area contributed by atoms with Crippen molar-refractivity contribution in [2.75, 3.05) is 45.2 Å². The van der Waals surface area contributed by atoms with Crippen molar-refractivity contribution in [3.05, 3.63) is 23.8 Å². The Morgan fingerprint density at radius 1 is 1.33 bits per heavy atom. The number of nitrogens with zero attached hydrogens (tertiary/aromatic N) is 3. The van der Waals surface area contributed by atoms with Gasteiger partial charge in [-0.05, 0) is 57.6 Å². The number of fused-ring (bicyclic) bond motifs is 1. The van der Waals surface area contributed by atoms with E-state index in [0.717, 1.165) is 37.2 Å². The van der Waals surface area contributed by atoms with Gasteiger partial charge >= 0.3 is 5.97 Å². The van der Waals surface area contributed by atoms with Gasteiger partial charge in [-0.2, -0.15) is 0 Å². The van der Waals surface area contributed by atoms with Gasteiger partial charge in [0.15, 0.2) is 5.75 Å². The Bertz CT molecular complexity index is 638. The number of likely N-dealkylation sites (tertiary alicyclic amines) is 1. The van der Waals surface area contributed by atoms with E-state index < -0.39 is 0 Å². The molecule has 0 atom stereocenters. The van der Waals surface area contributed by atoms with E-state index in [9.17, 15) is 9.59 Å². The molecule has 2 heterocycles. The lowest BCUT2D eigenvalue weighted by Crippen LogP contribution is -2.49. The first kappa shape index (κ1) is 16.8. The van der Waals surface area contributed by atoms with Gasteiger partial charge in [-0.25, -0.2) is 4.79 Å². The highest BCUT2D eigenvalue weighted by molar-refractivity contribution is 5.89. The van der Waals surface area contributed by atoms with E-state index in [0.29, 0.717) is 5.75 Å². The number of hydrogen-bond donors (Lipinski definition) is 0. The number of likely N-dealkylation sites (N-methyl/N-ethyl adjacent to an activating group) is 1. The minimum Gasteiger partial charge on any atom is -0.423 e. The molecular formula is C18H25N3O3. The average molecular weight is 331 g/mol. The molecule has 1 amide bonds. The standard InChI is InChI=1S/C18H25N3O3/c1-13-4-5-16-15(10-13)21(12-18(23)24-16)11-17(22)20(3)14-6-8-19(2)9-7-14/h4-5,10,14H,6-9,11-12H2,1-3H3. The fourth-order valence-corrected chi connectivity index (χ4v) is 3.36. The van der Waals surface area contributed by atoms with Crippen LogP contribution in [0.4, 0.5) is 5.69 Å². The molecule has 0 bridgehead atoms. The summed E-state index contributed by atoms with van der Waals surface area (Å²) in [7, 11) is 3.98. The summed E-state index contributed by atoms with van der Waals surface area (Å²) in [6, 6.07) is 5.94. The summed E-state index contributed by atoms with van der Waals surface area (Å²) in [4.78, 5) is 30.5. The van der Waals surface area contributed by atoms with Crippen molar-refractivity contribution in [2.45, 2.75) is 25.8 Å². The zero-order valence-corrected chi connectivity index (χ0v) is 14.6. The van der Waals surface area contributed by atoms with Crippen molar-refractivity contribution < 1.29 is 14.3 Å². The van der Waals surface area contributed by atoms with Crippen LogP contribution in [-0.4, -0.2) is 68.0 Å². The number of rotatable bonds is 3. The first-order valence-electron chi connectivity index (χ1n) is 8.44. The third-order valence-corrected chi connectivity index (χ3v) is 4.95. The molecule has 1 aromatic carbocycles. The lowest BCUT2D eigenvalue weighted by Gasteiger charge is -2.37. The highest BCUT2D eigenvalue weighted by Crippen LogP contribution is 2.32. The molecular weight excluding hydrogens is 306 g/mol. The molecule has 0 radical (unpaired) electrons. The number of benzene rings is 1. The van der Waals surface area contributed by atoms with Crippen molar-refractivity contribution >= 4 is 17.6 Å². The van der Waals surface area contributed by atoms with Crippen molar-refractivity contribution in [2.24, 2.45) is 0 Å². The van der Waals surface area contributed by atoms with E-state index in [1.807, 2.05) is 35.9 Å². The van der Waals surface area contributed by atoms with Crippen LogP contribution in [0.15, 0.2) is 18.2 Å². The number of anilines is 1. The molecule has 130 valence electrons. The van der Waals surface area contributed by atoms with Gasteiger partial charge in [-0.15, -0.1) is 0 Å². The zero-order valence-electron chi connectivity index (χ0n) is 14.6.